The topological polar surface area (TPSA) is 72.2 Å². The second kappa shape index (κ2) is 5.88. The Kier molecular flexibility index (Phi) is 4.20. The van der Waals surface area contributed by atoms with Gasteiger partial charge in [0.05, 0.1) is 12.0 Å². The first-order valence-electron chi connectivity index (χ1n) is 6.21. The van der Waals surface area contributed by atoms with Gasteiger partial charge in [-0.15, -0.1) is 11.3 Å². The minimum atomic E-state index is -0.369. The number of rotatable bonds is 4. The van der Waals surface area contributed by atoms with Crippen molar-refractivity contribution < 1.29 is 9.59 Å². The van der Waals surface area contributed by atoms with E-state index in [1.165, 1.54) is 0 Å². The maximum atomic E-state index is 12.1. The third kappa shape index (κ3) is 3.45. The van der Waals surface area contributed by atoms with Gasteiger partial charge in [-0.3, -0.25) is 9.59 Å². The number of benzene rings is 1. The molecule has 5 heteroatoms. The van der Waals surface area contributed by atoms with Crippen LogP contribution in [0.5, 0.6) is 0 Å². The summed E-state index contributed by atoms with van der Waals surface area (Å²) in [5.41, 5.74) is 7.37. The molecule has 0 unspecified atom stereocenters. The van der Waals surface area contributed by atoms with Crippen LogP contribution in [0, 0.1) is 13.8 Å². The van der Waals surface area contributed by atoms with Crippen molar-refractivity contribution in [3.8, 4) is 0 Å². The molecular formula is C15H16N2O2S. The number of carbonyl (C=O) groups excluding carboxylic acids is 2. The van der Waals surface area contributed by atoms with E-state index in [0.29, 0.717) is 11.3 Å². The summed E-state index contributed by atoms with van der Waals surface area (Å²) >= 11 is 1.61. The Hall–Kier alpha value is -2.14. The van der Waals surface area contributed by atoms with E-state index in [4.69, 9.17) is 5.73 Å². The second-order valence-electron chi connectivity index (χ2n) is 4.62. The first-order valence-corrected chi connectivity index (χ1v) is 7.03. The molecule has 104 valence electrons. The number of thiophene rings is 1. The second-order valence-corrected chi connectivity index (χ2v) is 6.08. The fourth-order valence-corrected chi connectivity index (χ4v) is 2.88. The minimum absolute atomic E-state index is 0.116. The zero-order valence-corrected chi connectivity index (χ0v) is 12.2. The van der Waals surface area contributed by atoms with Gasteiger partial charge < -0.3 is 11.1 Å². The third-order valence-corrected chi connectivity index (χ3v) is 3.84. The Morgan fingerprint density at radius 3 is 2.35 bits per heavy atom. The van der Waals surface area contributed by atoms with E-state index in [0.717, 1.165) is 15.3 Å². The quantitative estimate of drug-likeness (QED) is 0.907. The Balaban J connectivity index is 2.08. The summed E-state index contributed by atoms with van der Waals surface area (Å²) in [6, 6.07) is 8.99. The average Bonchev–Trinajstić information content (AvgIpc) is 2.70. The van der Waals surface area contributed by atoms with Gasteiger partial charge in [0.1, 0.15) is 0 Å². The molecule has 0 radical (unpaired) electrons. The molecule has 0 aliphatic carbocycles. The highest BCUT2D eigenvalue weighted by atomic mass is 32.1. The van der Waals surface area contributed by atoms with Gasteiger partial charge in [-0.25, -0.2) is 0 Å². The van der Waals surface area contributed by atoms with Crippen molar-refractivity contribution in [1.82, 2.24) is 0 Å². The number of hydrogen-bond donors (Lipinski definition) is 2. The first-order chi connectivity index (χ1) is 9.45. The smallest absolute Gasteiger partial charge is 0.256 e. The van der Waals surface area contributed by atoms with Crippen LogP contribution in [0.4, 0.5) is 5.69 Å². The number of nitrogens with one attached hydrogen (secondary N) is 1. The minimum Gasteiger partial charge on any atom is -0.369 e. The molecule has 2 aromatic rings. The van der Waals surface area contributed by atoms with E-state index in [-0.39, 0.29) is 18.2 Å². The molecule has 0 bridgehead atoms. The molecule has 2 amide bonds. The van der Waals surface area contributed by atoms with Crippen molar-refractivity contribution in [3.63, 3.8) is 0 Å². The number of aryl methyl sites for hydroxylation is 2. The predicted molar refractivity (Wildman–Crippen MR) is 81.1 cm³/mol. The van der Waals surface area contributed by atoms with Gasteiger partial charge in [-0.1, -0.05) is 12.1 Å². The van der Waals surface area contributed by atoms with Gasteiger partial charge in [-0.05, 0) is 37.6 Å². The van der Waals surface area contributed by atoms with E-state index in [9.17, 15) is 9.59 Å². The lowest BCUT2D eigenvalue weighted by molar-refractivity contribution is -0.117. The molecule has 0 aliphatic heterocycles. The van der Waals surface area contributed by atoms with Crippen LogP contribution in [0.25, 0.3) is 0 Å². The van der Waals surface area contributed by atoms with Gasteiger partial charge in [0, 0.05) is 15.4 Å². The Morgan fingerprint density at radius 1 is 1.20 bits per heavy atom. The lowest BCUT2D eigenvalue weighted by Crippen LogP contribution is -2.14. The van der Waals surface area contributed by atoms with E-state index in [1.54, 1.807) is 35.6 Å². The zero-order valence-electron chi connectivity index (χ0n) is 11.4. The summed E-state index contributed by atoms with van der Waals surface area (Å²) in [5, 5.41) is 2.84. The highest BCUT2D eigenvalue weighted by Gasteiger charge is 2.12. The van der Waals surface area contributed by atoms with Crippen LogP contribution in [0.1, 0.15) is 25.7 Å². The van der Waals surface area contributed by atoms with Crippen LogP contribution in [-0.4, -0.2) is 11.8 Å². The van der Waals surface area contributed by atoms with Crippen molar-refractivity contribution in [1.29, 1.82) is 0 Å². The molecule has 0 saturated heterocycles. The third-order valence-electron chi connectivity index (χ3n) is 2.88. The number of primary amides is 1. The average molecular weight is 288 g/mol. The van der Waals surface area contributed by atoms with Crippen LogP contribution < -0.4 is 11.1 Å². The zero-order chi connectivity index (χ0) is 14.7. The van der Waals surface area contributed by atoms with Crippen molar-refractivity contribution in [2.24, 2.45) is 5.73 Å². The molecule has 0 saturated carbocycles. The van der Waals surface area contributed by atoms with E-state index in [1.807, 2.05) is 19.9 Å². The first kappa shape index (κ1) is 14.3. The predicted octanol–water partition coefficient (Wildman–Crippen LogP) is 2.65. The molecule has 0 fully saturated rings. The Morgan fingerprint density at radius 2 is 1.85 bits per heavy atom. The largest absolute Gasteiger partial charge is 0.369 e. The summed E-state index contributed by atoms with van der Waals surface area (Å²) in [4.78, 5) is 25.1. The maximum absolute atomic E-state index is 12.1. The molecule has 1 aromatic carbocycles. The lowest BCUT2D eigenvalue weighted by Gasteiger charge is -2.05. The highest BCUT2D eigenvalue weighted by Crippen LogP contribution is 2.21. The molecule has 1 aromatic heterocycles. The molecule has 1 heterocycles. The van der Waals surface area contributed by atoms with Crippen molar-refractivity contribution in [2.75, 3.05) is 5.32 Å². The normalized spacial score (nSPS) is 10.3. The van der Waals surface area contributed by atoms with Gasteiger partial charge >= 0.3 is 0 Å². The van der Waals surface area contributed by atoms with Gasteiger partial charge in [0.2, 0.25) is 5.91 Å². The molecule has 2 rings (SSSR count). The molecular weight excluding hydrogens is 272 g/mol. The SMILES string of the molecule is Cc1cc(C(=O)Nc2ccc(CC(N)=O)cc2)c(C)s1. The van der Waals surface area contributed by atoms with Crippen molar-refractivity contribution in [2.45, 2.75) is 20.3 Å². The lowest BCUT2D eigenvalue weighted by atomic mass is 10.1. The van der Waals surface area contributed by atoms with Crippen LogP contribution in [0.15, 0.2) is 30.3 Å². The monoisotopic (exact) mass is 288 g/mol. The summed E-state index contributed by atoms with van der Waals surface area (Å²) in [5.74, 6) is -0.486. The fraction of sp³-hybridized carbons (Fsp3) is 0.200. The van der Waals surface area contributed by atoms with Crippen molar-refractivity contribution in [3.05, 3.63) is 51.2 Å². The molecule has 0 spiro atoms. The van der Waals surface area contributed by atoms with Crippen molar-refractivity contribution >= 4 is 28.8 Å². The number of nitrogens with two attached hydrogens (primary N) is 1. The van der Waals surface area contributed by atoms with Crippen LogP contribution in [-0.2, 0) is 11.2 Å². The standard InChI is InChI=1S/C15H16N2O2S/c1-9-7-13(10(2)20-9)15(19)17-12-5-3-11(4-6-12)8-14(16)18/h3-7H,8H2,1-2H3,(H2,16,18)(H,17,19). The Labute approximate surface area is 121 Å². The molecule has 20 heavy (non-hydrogen) atoms. The van der Waals surface area contributed by atoms with E-state index in [2.05, 4.69) is 5.32 Å². The van der Waals surface area contributed by atoms with Crippen LogP contribution in [0.3, 0.4) is 0 Å². The summed E-state index contributed by atoms with van der Waals surface area (Å²) in [6.07, 6.45) is 0.205. The van der Waals surface area contributed by atoms with Gasteiger partial charge in [-0.2, -0.15) is 0 Å². The molecule has 4 nitrogen and oxygen atoms in total. The summed E-state index contributed by atoms with van der Waals surface area (Å²) in [6.45, 7) is 3.91. The number of carbonyl (C=O) groups is 2. The highest BCUT2D eigenvalue weighted by molar-refractivity contribution is 7.12. The van der Waals surface area contributed by atoms with Crippen LogP contribution in [0.2, 0.25) is 0 Å². The summed E-state index contributed by atoms with van der Waals surface area (Å²) < 4.78 is 0. The molecule has 3 N–H and O–H groups in total. The van der Waals surface area contributed by atoms with Crippen LogP contribution >= 0.6 is 11.3 Å². The summed E-state index contributed by atoms with van der Waals surface area (Å²) in [7, 11) is 0. The number of anilines is 1. The molecule has 0 atom stereocenters. The van der Waals surface area contributed by atoms with Gasteiger partial charge in [0.15, 0.2) is 0 Å². The fourth-order valence-electron chi connectivity index (χ4n) is 1.96. The Bertz CT molecular complexity index is 644. The number of hydrogen-bond acceptors (Lipinski definition) is 3. The number of amides is 2. The van der Waals surface area contributed by atoms with E-state index >= 15 is 0 Å². The van der Waals surface area contributed by atoms with Gasteiger partial charge in [0.25, 0.3) is 5.91 Å². The maximum Gasteiger partial charge on any atom is 0.256 e. The van der Waals surface area contributed by atoms with E-state index < -0.39 is 0 Å². The molecule has 0 aliphatic rings.